The van der Waals surface area contributed by atoms with E-state index in [1.807, 2.05) is 0 Å². The Bertz CT molecular complexity index is 425. The number of carbonyl (C=O) groups excluding carboxylic acids is 1. The van der Waals surface area contributed by atoms with E-state index in [1.54, 1.807) is 18.5 Å². The van der Waals surface area contributed by atoms with Crippen LogP contribution in [0.5, 0.6) is 0 Å². The van der Waals surface area contributed by atoms with Crippen LogP contribution in [0.3, 0.4) is 0 Å². The molecule has 1 aromatic heterocycles. The molecule has 1 heterocycles. The number of aliphatic hydroxyl groups excluding tert-OH is 1. The van der Waals surface area contributed by atoms with Crippen molar-refractivity contribution in [3.63, 3.8) is 0 Å². The van der Waals surface area contributed by atoms with Gasteiger partial charge in [-0.25, -0.2) is 0 Å². The Morgan fingerprint density at radius 3 is 2.94 bits per heavy atom. The first kappa shape index (κ1) is 13.5. The number of pyridine rings is 1. The highest BCUT2D eigenvalue weighted by Crippen LogP contribution is 2.30. The predicted molar refractivity (Wildman–Crippen MR) is 72.2 cm³/mol. The molecule has 1 amide bonds. The zero-order valence-corrected chi connectivity index (χ0v) is 11.7. The fourth-order valence-corrected chi connectivity index (χ4v) is 2.85. The Kier molecular flexibility index (Phi) is 4.72. The maximum atomic E-state index is 11.9. The molecule has 0 radical (unpaired) electrons. The lowest BCUT2D eigenvalue weighted by Crippen LogP contribution is -2.31. The Hall–Kier alpha value is -0.940. The summed E-state index contributed by atoms with van der Waals surface area (Å²) in [5.41, 5.74) is 0.558. The second-order valence-corrected chi connectivity index (χ2v) is 5.65. The number of hydrogen-bond acceptors (Lipinski definition) is 3. The summed E-state index contributed by atoms with van der Waals surface area (Å²) in [5.74, 6) is 0.636. The molecule has 4 nitrogen and oxygen atoms in total. The van der Waals surface area contributed by atoms with Gasteiger partial charge in [-0.15, -0.1) is 0 Å². The molecule has 0 saturated heterocycles. The Morgan fingerprint density at radius 2 is 2.22 bits per heavy atom. The minimum Gasteiger partial charge on any atom is -0.396 e. The van der Waals surface area contributed by atoms with Crippen molar-refractivity contribution in [3.8, 4) is 0 Å². The van der Waals surface area contributed by atoms with Gasteiger partial charge >= 0.3 is 0 Å². The van der Waals surface area contributed by atoms with Crippen LogP contribution in [0.15, 0.2) is 22.9 Å². The number of halogens is 1. The lowest BCUT2D eigenvalue weighted by atomic mass is 9.97. The largest absolute Gasteiger partial charge is 0.396 e. The van der Waals surface area contributed by atoms with Gasteiger partial charge in [0, 0.05) is 30.0 Å². The molecule has 2 unspecified atom stereocenters. The van der Waals surface area contributed by atoms with Gasteiger partial charge in [0.1, 0.15) is 0 Å². The number of nitrogens with one attached hydrogen (secondary N) is 1. The van der Waals surface area contributed by atoms with Gasteiger partial charge in [0.25, 0.3) is 5.91 Å². The third-order valence-electron chi connectivity index (χ3n) is 3.54. The molecule has 1 fully saturated rings. The van der Waals surface area contributed by atoms with Crippen LogP contribution in [0.2, 0.25) is 0 Å². The minimum atomic E-state index is -0.104. The third kappa shape index (κ3) is 3.29. The summed E-state index contributed by atoms with van der Waals surface area (Å²) >= 11 is 3.29. The lowest BCUT2D eigenvalue weighted by molar-refractivity contribution is 0.0937. The van der Waals surface area contributed by atoms with E-state index in [0.717, 1.165) is 23.7 Å². The van der Waals surface area contributed by atoms with Gasteiger partial charge in [-0.3, -0.25) is 9.78 Å². The standard InChI is InChI=1S/C13H17BrN2O2/c14-12-4-11(5-15-7-12)13(18)16-6-9-2-1-3-10(9)8-17/h4-5,7,9-10,17H,1-3,6,8H2,(H,16,18). The van der Waals surface area contributed by atoms with Crippen LogP contribution in [0.4, 0.5) is 0 Å². The van der Waals surface area contributed by atoms with Crippen molar-refractivity contribution in [3.05, 3.63) is 28.5 Å². The van der Waals surface area contributed by atoms with Gasteiger partial charge in [0.05, 0.1) is 5.56 Å². The number of aromatic nitrogens is 1. The van der Waals surface area contributed by atoms with E-state index in [-0.39, 0.29) is 12.5 Å². The van der Waals surface area contributed by atoms with Crippen LogP contribution in [0.1, 0.15) is 29.6 Å². The van der Waals surface area contributed by atoms with E-state index in [9.17, 15) is 9.90 Å². The number of rotatable bonds is 4. The number of amides is 1. The first-order valence-electron chi connectivity index (χ1n) is 6.20. The molecule has 0 spiro atoms. The molecule has 1 aromatic rings. The maximum Gasteiger partial charge on any atom is 0.252 e. The van der Waals surface area contributed by atoms with Crippen LogP contribution in [-0.4, -0.2) is 29.1 Å². The van der Waals surface area contributed by atoms with Gasteiger partial charge in [-0.2, -0.15) is 0 Å². The van der Waals surface area contributed by atoms with E-state index in [1.165, 1.54) is 0 Å². The van der Waals surface area contributed by atoms with Crippen molar-refractivity contribution in [2.45, 2.75) is 19.3 Å². The molecule has 5 heteroatoms. The SMILES string of the molecule is O=C(NCC1CCCC1CO)c1cncc(Br)c1. The van der Waals surface area contributed by atoms with Gasteiger partial charge < -0.3 is 10.4 Å². The Morgan fingerprint density at radius 1 is 1.44 bits per heavy atom. The van der Waals surface area contributed by atoms with Crippen LogP contribution in [0.25, 0.3) is 0 Å². The number of hydrogen-bond donors (Lipinski definition) is 2. The van der Waals surface area contributed by atoms with Crippen molar-refractivity contribution in [1.29, 1.82) is 0 Å². The summed E-state index contributed by atoms with van der Waals surface area (Å²) < 4.78 is 0.796. The summed E-state index contributed by atoms with van der Waals surface area (Å²) in [6.07, 6.45) is 6.50. The fraction of sp³-hybridized carbons (Fsp3) is 0.538. The highest BCUT2D eigenvalue weighted by molar-refractivity contribution is 9.10. The molecule has 18 heavy (non-hydrogen) atoms. The van der Waals surface area contributed by atoms with E-state index in [4.69, 9.17) is 0 Å². The number of nitrogens with zero attached hydrogens (tertiary/aromatic N) is 1. The van der Waals surface area contributed by atoms with E-state index >= 15 is 0 Å². The zero-order valence-electron chi connectivity index (χ0n) is 10.1. The molecule has 1 aliphatic carbocycles. The monoisotopic (exact) mass is 312 g/mol. The predicted octanol–water partition coefficient (Wildman–Crippen LogP) is 1.98. The van der Waals surface area contributed by atoms with Crippen molar-refractivity contribution in [2.75, 3.05) is 13.2 Å². The molecule has 2 rings (SSSR count). The molecule has 2 atom stereocenters. The first-order chi connectivity index (χ1) is 8.70. The smallest absolute Gasteiger partial charge is 0.252 e. The van der Waals surface area contributed by atoms with Gasteiger partial charge in [-0.05, 0) is 46.7 Å². The molecule has 1 aliphatic rings. The van der Waals surface area contributed by atoms with Gasteiger partial charge in [-0.1, -0.05) is 6.42 Å². The summed E-state index contributed by atoms with van der Waals surface area (Å²) in [4.78, 5) is 15.9. The summed E-state index contributed by atoms with van der Waals surface area (Å²) in [7, 11) is 0. The van der Waals surface area contributed by atoms with Crippen molar-refractivity contribution in [1.82, 2.24) is 10.3 Å². The molecular formula is C13H17BrN2O2. The van der Waals surface area contributed by atoms with E-state index in [0.29, 0.717) is 23.9 Å². The first-order valence-corrected chi connectivity index (χ1v) is 6.99. The van der Waals surface area contributed by atoms with Crippen LogP contribution in [0, 0.1) is 11.8 Å². The van der Waals surface area contributed by atoms with Crippen LogP contribution >= 0.6 is 15.9 Å². The van der Waals surface area contributed by atoms with Gasteiger partial charge in [0.15, 0.2) is 0 Å². The normalized spacial score (nSPS) is 23.0. The quantitative estimate of drug-likeness (QED) is 0.893. The molecule has 2 N–H and O–H groups in total. The van der Waals surface area contributed by atoms with E-state index in [2.05, 4.69) is 26.2 Å². The van der Waals surface area contributed by atoms with Crippen molar-refractivity contribution < 1.29 is 9.90 Å². The molecule has 98 valence electrons. The molecule has 1 saturated carbocycles. The van der Waals surface area contributed by atoms with Crippen molar-refractivity contribution >= 4 is 21.8 Å². The van der Waals surface area contributed by atoms with Crippen molar-refractivity contribution in [2.24, 2.45) is 11.8 Å². The fourth-order valence-electron chi connectivity index (χ4n) is 2.48. The van der Waals surface area contributed by atoms with Gasteiger partial charge in [0.2, 0.25) is 0 Å². The maximum absolute atomic E-state index is 11.9. The summed E-state index contributed by atoms with van der Waals surface area (Å²) in [6.45, 7) is 0.857. The third-order valence-corrected chi connectivity index (χ3v) is 3.98. The summed E-state index contributed by atoms with van der Waals surface area (Å²) in [6, 6.07) is 1.75. The molecular weight excluding hydrogens is 296 g/mol. The average Bonchev–Trinajstić information content (AvgIpc) is 2.83. The molecule has 0 bridgehead atoms. The molecule has 0 aromatic carbocycles. The highest BCUT2D eigenvalue weighted by Gasteiger charge is 2.26. The minimum absolute atomic E-state index is 0.104. The second kappa shape index (κ2) is 6.29. The lowest BCUT2D eigenvalue weighted by Gasteiger charge is -2.17. The topological polar surface area (TPSA) is 62.2 Å². The zero-order chi connectivity index (χ0) is 13.0. The number of aliphatic hydroxyl groups is 1. The summed E-state index contributed by atoms with van der Waals surface area (Å²) in [5, 5.41) is 12.1. The second-order valence-electron chi connectivity index (χ2n) is 4.74. The number of carbonyl (C=O) groups is 1. The van der Waals surface area contributed by atoms with E-state index < -0.39 is 0 Å². The Labute approximate surface area is 115 Å². The highest BCUT2D eigenvalue weighted by atomic mass is 79.9. The average molecular weight is 313 g/mol. The Balaban J connectivity index is 1.88. The molecule has 0 aliphatic heterocycles. The van der Waals surface area contributed by atoms with Crippen LogP contribution in [-0.2, 0) is 0 Å². The van der Waals surface area contributed by atoms with Crippen LogP contribution < -0.4 is 5.32 Å².